The number of aromatic amines is 1. The molecule has 0 aliphatic heterocycles. The van der Waals surface area contributed by atoms with E-state index >= 15 is 0 Å². The van der Waals surface area contributed by atoms with Crippen LogP contribution in [0.2, 0.25) is 0 Å². The van der Waals surface area contributed by atoms with Crippen LogP contribution in [0.4, 0.5) is 0 Å². The normalized spacial score (nSPS) is 12.0. The minimum atomic E-state index is -0.778. The van der Waals surface area contributed by atoms with Crippen LogP contribution in [0.5, 0.6) is 0 Å². The van der Waals surface area contributed by atoms with Crippen LogP contribution < -0.4 is 10.6 Å². The van der Waals surface area contributed by atoms with Crippen LogP contribution in [-0.2, 0) is 16.1 Å². The van der Waals surface area contributed by atoms with Crippen LogP contribution in [0.25, 0.3) is 11.6 Å². The Morgan fingerprint density at radius 3 is 2.61 bits per heavy atom. The number of rotatable bonds is 8. The predicted octanol–water partition coefficient (Wildman–Crippen LogP) is 2.58. The van der Waals surface area contributed by atoms with Gasteiger partial charge in [-0.05, 0) is 23.6 Å². The average Bonchev–Trinajstić information content (AvgIpc) is 3.35. The van der Waals surface area contributed by atoms with E-state index < -0.39 is 6.04 Å². The molecule has 0 saturated carbocycles. The maximum absolute atomic E-state index is 12.8. The van der Waals surface area contributed by atoms with Gasteiger partial charge in [-0.3, -0.25) is 14.7 Å². The topological polar surface area (TPSA) is 113 Å². The number of hydrogen-bond donors (Lipinski definition) is 3. The highest BCUT2D eigenvalue weighted by Crippen LogP contribution is 2.16. The highest BCUT2D eigenvalue weighted by Gasteiger charge is 2.23. The van der Waals surface area contributed by atoms with Gasteiger partial charge in [-0.1, -0.05) is 44.2 Å². The van der Waals surface area contributed by atoms with E-state index in [-0.39, 0.29) is 24.3 Å². The molecule has 2 amide bonds. The third-order valence-electron chi connectivity index (χ3n) is 4.00. The summed E-state index contributed by atoms with van der Waals surface area (Å²) < 4.78 is 5.25. The van der Waals surface area contributed by atoms with Crippen molar-refractivity contribution in [1.82, 2.24) is 25.8 Å². The number of furan rings is 1. The van der Waals surface area contributed by atoms with E-state index in [1.807, 2.05) is 44.2 Å². The molecule has 0 aliphatic rings. The molecule has 28 heavy (non-hydrogen) atoms. The van der Waals surface area contributed by atoms with E-state index in [0.717, 1.165) is 0 Å². The van der Waals surface area contributed by atoms with Gasteiger partial charge >= 0.3 is 0 Å². The van der Waals surface area contributed by atoms with Crippen molar-refractivity contribution < 1.29 is 14.0 Å². The molecule has 3 aromatic rings. The Kier molecular flexibility index (Phi) is 6.21. The van der Waals surface area contributed by atoms with Crippen LogP contribution in [-0.4, -0.2) is 27.0 Å². The SMILES string of the molecule is CC(C)CC(=O)NC(C(=O)NCc1nc(-c2ccco2)n[nH]1)c1ccccc1. The first-order valence-corrected chi connectivity index (χ1v) is 9.10. The average molecular weight is 381 g/mol. The fourth-order valence-electron chi connectivity index (χ4n) is 2.70. The minimum absolute atomic E-state index is 0.149. The second kappa shape index (κ2) is 8.98. The minimum Gasteiger partial charge on any atom is -0.461 e. The molecule has 0 spiro atoms. The van der Waals surface area contributed by atoms with Gasteiger partial charge in [0.15, 0.2) is 5.76 Å². The molecule has 0 saturated heterocycles. The Morgan fingerprint density at radius 1 is 1.14 bits per heavy atom. The fraction of sp³-hybridized carbons (Fsp3) is 0.300. The number of aromatic nitrogens is 3. The van der Waals surface area contributed by atoms with Gasteiger partial charge < -0.3 is 15.1 Å². The van der Waals surface area contributed by atoms with E-state index in [2.05, 4.69) is 25.8 Å². The maximum atomic E-state index is 12.8. The van der Waals surface area contributed by atoms with E-state index in [1.165, 1.54) is 6.26 Å². The smallest absolute Gasteiger partial charge is 0.247 e. The fourth-order valence-corrected chi connectivity index (χ4v) is 2.70. The van der Waals surface area contributed by atoms with Crippen LogP contribution in [0, 0.1) is 5.92 Å². The number of amides is 2. The van der Waals surface area contributed by atoms with E-state index in [4.69, 9.17) is 4.42 Å². The maximum Gasteiger partial charge on any atom is 0.247 e. The third kappa shape index (κ3) is 5.06. The standard InChI is InChI=1S/C20H23N5O3/c1-13(2)11-17(26)23-18(14-7-4-3-5-8-14)20(27)21-12-16-22-19(25-24-16)15-9-6-10-28-15/h3-10,13,18H,11-12H2,1-2H3,(H,21,27)(H,23,26)(H,22,24,25). The summed E-state index contributed by atoms with van der Waals surface area (Å²) in [5.41, 5.74) is 0.714. The van der Waals surface area contributed by atoms with Crippen molar-refractivity contribution in [2.24, 2.45) is 5.92 Å². The largest absolute Gasteiger partial charge is 0.461 e. The van der Waals surface area contributed by atoms with E-state index in [0.29, 0.717) is 29.4 Å². The number of benzene rings is 1. The molecule has 1 unspecified atom stereocenters. The van der Waals surface area contributed by atoms with Crippen molar-refractivity contribution in [3.63, 3.8) is 0 Å². The van der Waals surface area contributed by atoms with Crippen molar-refractivity contribution in [2.45, 2.75) is 32.9 Å². The van der Waals surface area contributed by atoms with Gasteiger partial charge in [-0.2, -0.15) is 0 Å². The summed E-state index contributed by atoms with van der Waals surface area (Å²) in [6.45, 7) is 4.06. The molecule has 8 nitrogen and oxygen atoms in total. The van der Waals surface area contributed by atoms with E-state index in [1.54, 1.807) is 12.1 Å². The van der Waals surface area contributed by atoms with Gasteiger partial charge in [0.2, 0.25) is 17.6 Å². The predicted molar refractivity (Wildman–Crippen MR) is 103 cm³/mol. The molecule has 0 radical (unpaired) electrons. The monoisotopic (exact) mass is 381 g/mol. The van der Waals surface area contributed by atoms with Gasteiger partial charge in [0, 0.05) is 6.42 Å². The summed E-state index contributed by atoms with van der Waals surface area (Å²) in [7, 11) is 0. The molecule has 1 aromatic carbocycles. The summed E-state index contributed by atoms with van der Waals surface area (Å²) in [5.74, 6) is 1.16. The number of carbonyl (C=O) groups excluding carboxylic acids is 2. The first-order valence-electron chi connectivity index (χ1n) is 9.10. The lowest BCUT2D eigenvalue weighted by Gasteiger charge is -2.19. The Bertz CT molecular complexity index is 903. The van der Waals surface area contributed by atoms with Crippen molar-refractivity contribution in [1.29, 1.82) is 0 Å². The Morgan fingerprint density at radius 2 is 1.93 bits per heavy atom. The van der Waals surface area contributed by atoms with Gasteiger partial charge in [-0.15, -0.1) is 5.10 Å². The van der Waals surface area contributed by atoms with Crippen molar-refractivity contribution >= 4 is 11.8 Å². The molecule has 2 heterocycles. The summed E-state index contributed by atoms with van der Waals surface area (Å²) in [6, 6.07) is 11.9. The lowest BCUT2D eigenvalue weighted by molar-refractivity contribution is -0.129. The van der Waals surface area contributed by atoms with Crippen LogP contribution >= 0.6 is 0 Å². The van der Waals surface area contributed by atoms with Gasteiger partial charge in [0.1, 0.15) is 11.9 Å². The molecule has 146 valence electrons. The lowest BCUT2D eigenvalue weighted by Crippen LogP contribution is -2.40. The van der Waals surface area contributed by atoms with Crippen molar-refractivity contribution in [3.05, 3.63) is 60.1 Å². The van der Waals surface area contributed by atoms with Crippen LogP contribution in [0.15, 0.2) is 53.1 Å². The molecule has 2 aromatic heterocycles. The Hall–Kier alpha value is -3.42. The van der Waals surface area contributed by atoms with E-state index in [9.17, 15) is 9.59 Å². The summed E-state index contributed by atoms with van der Waals surface area (Å²) in [4.78, 5) is 29.3. The van der Waals surface area contributed by atoms with Crippen LogP contribution in [0.3, 0.4) is 0 Å². The molecule has 3 N–H and O–H groups in total. The first kappa shape index (κ1) is 19.3. The van der Waals surface area contributed by atoms with Crippen molar-refractivity contribution in [3.8, 4) is 11.6 Å². The summed E-state index contributed by atoms with van der Waals surface area (Å²) in [5, 5.41) is 12.5. The number of nitrogens with one attached hydrogen (secondary N) is 3. The van der Waals surface area contributed by atoms with Gasteiger partial charge in [0.05, 0.1) is 12.8 Å². The first-order chi connectivity index (χ1) is 13.5. The Balaban J connectivity index is 1.66. The molecular weight excluding hydrogens is 358 g/mol. The number of carbonyl (C=O) groups is 2. The molecule has 1 atom stereocenters. The summed E-state index contributed by atoms with van der Waals surface area (Å²) >= 11 is 0. The Labute approximate surface area is 162 Å². The quantitative estimate of drug-likeness (QED) is 0.555. The molecule has 3 rings (SSSR count). The molecule has 0 fully saturated rings. The second-order valence-electron chi connectivity index (χ2n) is 6.81. The highest BCUT2D eigenvalue weighted by molar-refractivity contribution is 5.88. The number of nitrogens with zero attached hydrogens (tertiary/aromatic N) is 2. The molecule has 8 heteroatoms. The van der Waals surface area contributed by atoms with Crippen LogP contribution in [0.1, 0.15) is 37.7 Å². The summed E-state index contributed by atoms with van der Waals surface area (Å²) in [6.07, 6.45) is 1.89. The number of hydrogen-bond acceptors (Lipinski definition) is 5. The molecular formula is C20H23N5O3. The highest BCUT2D eigenvalue weighted by atomic mass is 16.3. The van der Waals surface area contributed by atoms with Crippen molar-refractivity contribution in [2.75, 3.05) is 0 Å². The molecule has 0 bridgehead atoms. The number of H-pyrrole nitrogens is 1. The zero-order valence-electron chi connectivity index (χ0n) is 15.8. The van der Waals surface area contributed by atoms with Gasteiger partial charge in [0.25, 0.3) is 0 Å². The third-order valence-corrected chi connectivity index (χ3v) is 4.00. The zero-order chi connectivity index (χ0) is 19.9. The lowest BCUT2D eigenvalue weighted by atomic mass is 10.0. The van der Waals surface area contributed by atoms with Gasteiger partial charge in [-0.25, -0.2) is 4.98 Å². The molecule has 0 aliphatic carbocycles. The second-order valence-corrected chi connectivity index (χ2v) is 6.81. The zero-order valence-corrected chi connectivity index (χ0v) is 15.8.